The molecule has 0 aliphatic heterocycles. The number of hydrogen-bond donors (Lipinski definition) is 1. The Hall–Kier alpha value is -1.92. The number of fused-ring (bicyclic) bond motifs is 1. The third-order valence-electron chi connectivity index (χ3n) is 3.20. The lowest BCUT2D eigenvalue weighted by atomic mass is 10.3. The van der Waals surface area contributed by atoms with E-state index in [-0.39, 0.29) is 11.7 Å². The largest absolute Gasteiger partial charge is 0.326 e. The van der Waals surface area contributed by atoms with E-state index in [1.165, 1.54) is 17.8 Å². The molecule has 0 atom stereocenters. The van der Waals surface area contributed by atoms with E-state index in [2.05, 4.69) is 10.3 Å². The maximum atomic E-state index is 13.5. The van der Waals surface area contributed by atoms with Crippen LogP contribution in [0.3, 0.4) is 0 Å². The van der Waals surface area contributed by atoms with Crippen LogP contribution in [0, 0.1) is 12.7 Å². The molecular formula is C17H15FN2OS2. The zero-order chi connectivity index (χ0) is 16.2. The Bertz CT molecular complexity index is 847. The fourth-order valence-corrected chi connectivity index (χ4v) is 3.91. The van der Waals surface area contributed by atoms with Crippen molar-refractivity contribution >= 4 is 44.9 Å². The van der Waals surface area contributed by atoms with Crippen molar-refractivity contribution in [2.75, 3.05) is 11.1 Å². The summed E-state index contributed by atoms with van der Waals surface area (Å²) >= 11 is 2.95. The molecule has 0 saturated heterocycles. The Balaban J connectivity index is 1.55. The lowest BCUT2D eigenvalue weighted by Gasteiger charge is -2.05. The Morgan fingerprint density at radius 1 is 1.30 bits per heavy atom. The SMILES string of the molecule is Cc1nc2ccc(NC(=O)CCSc3ccccc3F)cc2s1. The van der Waals surface area contributed by atoms with Gasteiger partial charge in [-0.2, -0.15) is 0 Å². The standard InChI is InChI=1S/C17H15FN2OS2/c1-11-19-14-7-6-12(10-16(14)23-11)20-17(21)8-9-22-15-5-3-2-4-13(15)18/h2-7,10H,8-9H2,1H3,(H,20,21). The quantitative estimate of drug-likeness (QED) is 0.671. The van der Waals surface area contributed by atoms with Crippen LogP contribution in [0.2, 0.25) is 0 Å². The molecule has 0 aliphatic carbocycles. The van der Waals surface area contributed by atoms with E-state index in [0.29, 0.717) is 17.1 Å². The molecule has 0 aliphatic rings. The van der Waals surface area contributed by atoms with Crippen molar-refractivity contribution in [3.8, 4) is 0 Å². The van der Waals surface area contributed by atoms with Gasteiger partial charge in [0.15, 0.2) is 0 Å². The molecule has 6 heteroatoms. The van der Waals surface area contributed by atoms with Gasteiger partial charge in [0.2, 0.25) is 5.91 Å². The molecule has 23 heavy (non-hydrogen) atoms. The molecule has 0 radical (unpaired) electrons. The van der Waals surface area contributed by atoms with Gasteiger partial charge in [0.25, 0.3) is 0 Å². The first-order chi connectivity index (χ1) is 11.1. The first-order valence-corrected chi connectivity index (χ1v) is 8.96. The second-order valence-corrected chi connectivity index (χ2v) is 7.36. The number of aryl methyl sites for hydroxylation is 1. The first kappa shape index (κ1) is 16.0. The zero-order valence-corrected chi connectivity index (χ0v) is 14.1. The van der Waals surface area contributed by atoms with E-state index in [0.717, 1.165) is 20.9 Å². The summed E-state index contributed by atoms with van der Waals surface area (Å²) in [5, 5.41) is 3.88. The van der Waals surface area contributed by atoms with Crippen molar-refractivity contribution in [1.82, 2.24) is 4.98 Å². The summed E-state index contributed by atoms with van der Waals surface area (Å²) in [5.41, 5.74) is 1.71. The van der Waals surface area contributed by atoms with Crippen LogP contribution < -0.4 is 5.32 Å². The maximum absolute atomic E-state index is 13.5. The fraction of sp³-hybridized carbons (Fsp3) is 0.176. The highest BCUT2D eigenvalue weighted by molar-refractivity contribution is 7.99. The average molecular weight is 346 g/mol. The van der Waals surface area contributed by atoms with Crippen molar-refractivity contribution < 1.29 is 9.18 Å². The maximum Gasteiger partial charge on any atom is 0.225 e. The lowest BCUT2D eigenvalue weighted by Crippen LogP contribution is -2.12. The van der Waals surface area contributed by atoms with Crippen LogP contribution in [0.25, 0.3) is 10.2 Å². The number of anilines is 1. The number of thiazole rings is 1. The number of hydrogen-bond acceptors (Lipinski definition) is 4. The van der Waals surface area contributed by atoms with Gasteiger partial charge in [0.05, 0.1) is 15.2 Å². The monoisotopic (exact) mass is 346 g/mol. The number of nitrogens with zero attached hydrogens (tertiary/aromatic N) is 1. The number of aromatic nitrogens is 1. The molecule has 1 aromatic heterocycles. The summed E-state index contributed by atoms with van der Waals surface area (Å²) in [6.07, 6.45) is 0.332. The Morgan fingerprint density at radius 3 is 2.96 bits per heavy atom. The Kier molecular flexibility index (Phi) is 4.93. The fourth-order valence-electron chi connectivity index (χ4n) is 2.16. The molecule has 1 heterocycles. The molecule has 118 valence electrons. The van der Waals surface area contributed by atoms with Crippen molar-refractivity contribution in [1.29, 1.82) is 0 Å². The number of benzene rings is 2. The minimum absolute atomic E-state index is 0.0746. The van der Waals surface area contributed by atoms with Crippen LogP contribution in [0.5, 0.6) is 0 Å². The van der Waals surface area contributed by atoms with Gasteiger partial charge < -0.3 is 5.32 Å². The highest BCUT2D eigenvalue weighted by Crippen LogP contribution is 2.25. The topological polar surface area (TPSA) is 42.0 Å². The molecule has 3 nitrogen and oxygen atoms in total. The third-order valence-corrected chi connectivity index (χ3v) is 5.19. The van der Waals surface area contributed by atoms with Gasteiger partial charge in [-0.25, -0.2) is 9.37 Å². The van der Waals surface area contributed by atoms with Gasteiger partial charge in [0, 0.05) is 22.8 Å². The minimum Gasteiger partial charge on any atom is -0.326 e. The summed E-state index contributed by atoms with van der Waals surface area (Å²) in [7, 11) is 0. The van der Waals surface area contributed by atoms with Crippen LogP contribution in [-0.4, -0.2) is 16.6 Å². The lowest BCUT2D eigenvalue weighted by molar-refractivity contribution is -0.115. The van der Waals surface area contributed by atoms with E-state index >= 15 is 0 Å². The van der Waals surface area contributed by atoms with Crippen LogP contribution >= 0.6 is 23.1 Å². The molecule has 0 saturated carbocycles. The minimum atomic E-state index is -0.246. The van der Waals surface area contributed by atoms with Crippen molar-refractivity contribution in [3.63, 3.8) is 0 Å². The first-order valence-electron chi connectivity index (χ1n) is 7.16. The summed E-state index contributed by atoms with van der Waals surface area (Å²) < 4.78 is 14.5. The summed E-state index contributed by atoms with van der Waals surface area (Å²) in [6, 6.07) is 12.3. The van der Waals surface area contributed by atoms with Gasteiger partial charge in [-0.05, 0) is 37.3 Å². The Labute approximate surface area is 141 Å². The number of halogens is 1. The smallest absolute Gasteiger partial charge is 0.225 e. The van der Waals surface area contributed by atoms with E-state index in [4.69, 9.17) is 0 Å². The van der Waals surface area contributed by atoms with E-state index < -0.39 is 0 Å². The number of carbonyl (C=O) groups is 1. The van der Waals surface area contributed by atoms with Gasteiger partial charge in [-0.15, -0.1) is 23.1 Å². The molecule has 3 rings (SSSR count). The Morgan fingerprint density at radius 2 is 2.13 bits per heavy atom. The summed E-state index contributed by atoms with van der Waals surface area (Å²) in [5.74, 6) is 0.215. The van der Waals surface area contributed by atoms with E-state index in [9.17, 15) is 9.18 Å². The molecule has 3 aromatic rings. The molecule has 0 unspecified atom stereocenters. The molecular weight excluding hydrogens is 331 g/mol. The summed E-state index contributed by atoms with van der Waals surface area (Å²) in [4.78, 5) is 17.0. The predicted octanol–water partition coefficient (Wildman–Crippen LogP) is 4.86. The highest BCUT2D eigenvalue weighted by Gasteiger charge is 2.07. The predicted molar refractivity (Wildman–Crippen MR) is 94.7 cm³/mol. The highest BCUT2D eigenvalue weighted by atomic mass is 32.2. The van der Waals surface area contributed by atoms with Crippen molar-refractivity contribution in [2.24, 2.45) is 0 Å². The second kappa shape index (κ2) is 7.10. The number of amides is 1. The third kappa shape index (κ3) is 4.09. The van der Waals surface area contributed by atoms with Gasteiger partial charge in [-0.1, -0.05) is 12.1 Å². The number of rotatable bonds is 5. The second-order valence-electron chi connectivity index (χ2n) is 4.99. The van der Waals surface area contributed by atoms with Gasteiger partial charge in [-0.3, -0.25) is 4.79 Å². The molecule has 0 spiro atoms. The van der Waals surface area contributed by atoms with E-state index in [1.54, 1.807) is 29.5 Å². The van der Waals surface area contributed by atoms with Crippen molar-refractivity contribution in [3.05, 3.63) is 53.3 Å². The molecule has 1 N–H and O–H groups in total. The van der Waals surface area contributed by atoms with Gasteiger partial charge in [0.1, 0.15) is 5.82 Å². The zero-order valence-electron chi connectivity index (χ0n) is 12.5. The van der Waals surface area contributed by atoms with Crippen LogP contribution in [0.15, 0.2) is 47.4 Å². The van der Waals surface area contributed by atoms with Crippen LogP contribution in [-0.2, 0) is 4.79 Å². The molecule has 1 amide bonds. The number of nitrogens with one attached hydrogen (secondary N) is 1. The number of carbonyl (C=O) groups excluding carboxylic acids is 1. The molecule has 0 fully saturated rings. The number of thioether (sulfide) groups is 1. The van der Waals surface area contributed by atoms with Crippen LogP contribution in [0.4, 0.5) is 10.1 Å². The van der Waals surface area contributed by atoms with Gasteiger partial charge >= 0.3 is 0 Å². The van der Waals surface area contributed by atoms with E-state index in [1.807, 2.05) is 25.1 Å². The van der Waals surface area contributed by atoms with Crippen molar-refractivity contribution in [2.45, 2.75) is 18.2 Å². The normalized spacial score (nSPS) is 10.9. The molecule has 2 aromatic carbocycles. The average Bonchev–Trinajstić information content (AvgIpc) is 2.88. The molecule has 0 bridgehead atoms. The van der Waals surface area contributed by atoms with Crippen LogP contribution in [0.1, 0.15) is 11.4 Å². The summed E-state index contributed by atoms with van der Waals surface area (Å²) in [6.45, 7) is 1.96.